The molecule has 1 unspecified atom stereocenters. The normalized spacial score (nSPS) is 15.1. The molecule has 0 bridgehead atoms. The number of nitrogens with one attached hydrogen (secondary N) is 1. The molecular formula is C20H15ClN4O2. The number of methoxy groups -OCH3 is 1. The number of hydrogen-bond acceptors (Lipinski definition) is 5. The second-order valence-electron chi connectivity index (χ2n) is 6.35. The molecule has 0 saturated heterocycles. The summed E-state index contributed by atoms with van der Waals surface area (Å²) in [4.78, 5) is 4.54. The van der Waals surface area contributed by atoms with Crippen molar-refractivity contribution in [2.24, 2.45) is 0 Å². The molecule has 0 amide bonds. The van der Waals surface area contributed by atoms with Crippen LogP contribution in [0.5, 0.6) is 11.5 Å². The van der Waals surface area contributed by atoms with Crippen molar-refractivity contribution in [1.29, 1.82) is 0 Å². The number of phenols is 1. The molecule has 3 heterocycles. The molecule has 7 heteroatoms. The van der Waals surface area contributed by atoms with Crippen LogP contribution in [0.15, 0.2) is 55.0 Å². The number of fused-ring (bicyclic) bond motifs is 2. The first kappa shape index (κ1) is 16.0. The summed E-state index contributed by atoms with van der Waals surface area (Å²) < 4.78 is 7.12. The van der Waals surface area contributed by atoms with E-state index in [1.54, 1.807) is 18.5 Å². The Morgan fingerprint density at radius 3 is 2.93 bits per heavy atom. The summed E-state index contributed by atoms with van der Waals surface area (Å²) in [6.45, 7) is 0. The van der Waals surface area contributed by atoms with Gasteiger partial charge in [0.1, 0.15) is 12.0 Å². The Morgan fingerprint density at radius 1 is 1.22 bits per heavy atom. The first-order valence-corrected chi connectivity index (χ1v) is 8.79. The number of aromatic nitrogens is 3. The molecule has 0 spiro atoms. The lowest BCUT2D eigenvalue weighted by Crippen LogP contribution is -2.11. The summed E-state index contributed by atoms with van der Waals surface area (Å²) in [6, 6.07) is 13.4. The largest absolute Gasteiger partial charge is 0.503 e. The molecular weight excluding hydrogens is 364 g/mol. The zero-order valence-electron chi connectivity index (χ0n) is 14.3. The third-order valence-electron chi connectivity index (χ3n) is 4.88. The molecule has 6 nitrogen and oxygen atoms in total. The van der Waals surface area contributed by atoms with Crippen LogP contribution in [0.3, 0.4) is 0 Å². The molecule has 0 saturated carbocycles. The number of anilines is 1. The lowest BCUT2D eigenvalue weighted by Gasteiger charge is -2.20. The number of benzene rings is 2. The van der Waals surface area contributed by atoms with Gasteiger partial charge in [-0.25, -0.2) is 9.50 Å². The number of halogens is 1. The lowest BCUT2D eigenvalue weighted by molar-refractivity contribution is 0.373. The smallest absolute Gasteiger partial charge is 0.176 e. The van der Waals surface area contributed by atoms with Crippen LogP contribution < -0.4 is 10.1 Å². The Kier molecular flexibility index (Phi) is 3.48. The fourth-order valence-electron chi connectivity index (χ4n) is 3.64. The molecule has 5 rings (SSSR count). The van der Waals surface area contributed by atoms with E-state index in [0.717, 1.165) is 33.6 Å². The molecule has 1 atom stereocenters. The molecule has 27 heavy (non-hydrogen) atoms. The highest BCUT2D eigenvalue weighted by Gasteiger charge is 2.27. The molecule has 0 aliphatic carbocycles. The first-order chi connectivity index (χ1) is 13.2. The molecule has 2 N–H and O–H groups in total. The van der Waals surface area contributed by atoms with Gasteiger partial charge in [0.15, 0.2) is 11.5 Å². The van der Waals surface area contributed by atoms with Crippen LogP contribution in [0, 0.1) is 0 Å². The second-order valence-corrected chi connectivity index (χ2v) is 6.76. The van der Waals surface area contributed by atoms with E-state index in [1.165, 1.54) is 7.11 Å². The van der Waals surface area contributed by atoms with E-state index in [4.69, 9.17) is 16.3 Å². The van der Waals surface area contributed by atoms with Gasteiger partial charge in [0.25, 0.3) is 0 Å². The van der Waals surface area contributed by atoms with E-state index in [-0.39, 0.29) is 16.8 Å². The molecule has 2 aromatic carbocycles. The summed E-state index contributed by atoms with van der Waals surface area (Å²) in [5.41, 5.74) is 5.65. The Morgan fingerprint density at radius 2 is 2.07 bits per heavy atom. The zero-order chi connectivity index (χ0) is 18.5. The molecule has 0 fully saturated rings. The van der Waals surface area contributed by atoms with Crippen molar-refractivity contribution in [2.45, 2.75) is 6.04 Å². The maximum absolute atomic E-state index is 10.1. The number of phenolic OH excluding ortho intramolecular Hbond substituents is 1. The number of ether oxygens (including phenoxy) is 1. The van der Waals surface area contributed by atoms with Crippen LogP contribution in [-0.4, -0.2) is 26.8 Å². The summed E-state index contributed by atoms with van der Waals surface area (Å²) >= 11 is 6.25. The second kappa shape index (κ2) is 5.89. The fraction of sp³-hybridized carbons (Fsp3) is 0.100. The van der Waals surface area contributed by atoms with Crippen molar-refractivity contribution in [3.8, 4) is 22.8 Å². The van der Waals surface area contributed by atoms with E-state index in [2.05, 4.69) is 15.4 Å². The number of para-hydroxylation sites is 1. The number of aromatic hydroxyl groups is 1. The predicted octanol–water partition coefficient (Wildman–Crippen LogP) is 4.28. The van der Waals surface area contributed by atoms with E-state index in [0.29, 0.717) is 5.75 Å². The van der Waals surface area contributed by atoms with Crippen LogP contribution in [0.1, 0.15) is 17.2 Å². The van der Waals surface area contributed by atoms with E-state index in [1.807, 2.05) is 41.0 Å². The van der Waals surface area contributed by atoms with Crippen molar-refractivity contribution in [3.05, 3.63) is 71.1 Å². The number of rotatable bonds is 2. The minimum Gasteiger partial charge on any atom is -0.503 e. The zero-order valence-corrected chi connectivity index (χ0v) is 15.1. The maximum atomic E-state index is 10.1. The molecule has 1 aliphatic rings. The summed E-state index contributed by atoms with van der Waals surface area (Å²) in [6.07, 6.45) is 3.47. The maximum Gasteiger partial charge on any atom is 0.176 e. The van der Waals surface area contributed by atoms with Gasteiger partial charge in [-0.15, -0.1) is 0 Å². The van der Waals surface area contributed by atoms with Gasteiger partial charge >= 0.3 is 0 Å². The Bertz CT molecular complexity index is 1190. The van der Waals surface area contributed by atoms with Gasteiger partial charge in [0.2, 0.25) is 0 Å². The highest BCUT2D eigenvalue weighted by molar-refractivity contribution is 6.32. The van der Waals surface area contributed by atoms with Gasteiger partial charge in [-0.1, -0.05) is 29.8 Å². The lowest BCUT2D eigenvalue weighted by atomic mass is 9.99. The molecule has 4 aromatic rings. The van der Waals surface area contributed by atoms with Gasteiger partial charge in [-0.3, -0.25) is 0 Å². The molecule has 1 aliphatic heterocycles. The highest BCUT2D eigenvalue weighted by atomic mass is 35.5. The molecule has 134 valence electrons. The van der Waals surface area contributed by atoms with Gasteiger partial charge in [-0.2, -0.15) is 5.10 Å². The van der Waals surface area contributed by atoms with E-state index < -0.39 is 0 Å². The van der Waals surface area contributed by atoms with Crippen molar-refractivity contribution >= 4 is 22.8 Å². The Hall–Kier alpha value is -3.25. The van der Waals surface area contributed by atoms with Crippen LogP contribution in [-0.2, 0) is 0 Å². The SMILES string of the molecule is COc1cc(C2Nc3ccccc3-c3ncnn4ccc2c34)cc(Cl)c1O. The quantitative estimate of drug-likeness (QED) is 0.544. The van der Waals surface area contributed by atoms with Gasteiger partial charge in [-0.05, 0) is 29.8 Å². The minimum atomic E-state index is -0.213. The number of nitrogens with zero attached hydrogens (tertiary/aromatic N) is 3. The predicted molar refractivity (Wildman–Crippen MR) is 104 cm³/mol. The third-order valence-corrected chi connectivity index (χ3v) is 5.17. The minimum absolute atomic E-state index is 0.0669. The molecule has 2 aromatic heterocycles. The average Bonchev–Trinajstić information content (AvgIpc) is 3.06. The van der Waals surface area contributed by atoms with Crippen molar-refractivity contribution in [1.82, 2.24) is 14.6 Å². The molecule has 0 radical (unpaired) electrons. The topological polar surface area (TPSA) is 71.7 Å². The van der Waals surface area contributed by atoms with E-state index >= 15 is 0 Å². The monoisotopic (exact) mass is 378 g/mol. The van der Waals surface area contributed by atoms with Crippen molar-refractivity contribution in [3.63, 3.8) is 0 Å². The standard InChI is InChI=1S/C20H15ClN4O2/c1-27-16-9-11(8-14(21)20(16)26)17-13-6-7-25-19(13)18(22-10-23-25)12-4-2-3-5-15(12)24-17/h2-10,17,24,26H,1H3. The van der Waals surface area contributed by atoms with Gasteiger partial charge in [0, 0.05) is 23.0 Å². The average molecular weight is 379 g/mol. The van der Waals surface area contributed by atoms with E-state index in [9.17, 15) is 5.11 Å². The summed E-state index contributed by atoms with van der Waals surface area (Å²) in [7, 11) is 1.50. The number of hydrogen-bond donors (Lipinski definition) is 2. The highest BCUT2D eigenvalue weighted by Crippen LogP contribution is 2.44. The fourth-order valence-corrected chi connectivity index (χ4v) is 3.86. The van der Waals surface area contributed by atoms with Gasteiger partial charge in [0.05, 0.1) is 23.7 Å². The summed E-state index contributed by atoms with van der Waals surface area (Å²) in [5.74, 6) is 0.263. The van der Waals surface area contributed by atoms with Crippen molar-refractivity contribution < 1.29 is 9.84 Å². The van der Waals surface area contributed by atoms with Gasteiger partial charge < -0.3 is 15.2 Å². The third kappa shape index (κ3) is 2.34. The summed E-state index contributed by atoms with van der Waals surface area (Å²) in [5, 5.41) is 18.3. The van der Waals surface area contributed by atoms with Crippen molar-refractivity contribution in [2.75, 3.05) is 12.4 Å². The first-order valence-electron chi connectivity index (χ1n) is 8.42. The van der Waals surface area contributed by atoms with Crippen LogP contribution in [0.25, 0.3) is 16.8 Å². The van der Waals surface area contributed by atoms with Crippen LogP contribution in [0.2, 0.25) is 5.02 Å². The van der Waals surface area contributed by atoms with Crippen LogP contribution in [0.4, 0.5) is 5.69 Å². The Labute approximate surface area is 160 Å². The Balaban J connectivity index is 1.81. The van der Waals surface area contributed by atoms with Crippen LogP contribution >= 0.6 is 11.6 Å².